The van der Waals surface area contributed by atoms with Crippen molar-refractivity contribution >= 4 is 22.4 Å². The molecule has 1 saturated heterocycles. The molecule has 3 rings (SSSR count). The first kappa shape index (κ1) is 15.0. The molecule has 2 aromatic rings. The minimum atomic E-state index is -0.183. The van der Waals surface area contributed by atoms with Crippen LogP contribution in [0.4, 0.5) is 5.13 Å². The number of aryl methyl sites for hydroxylation is 2. The molecule has 0 bridgehead atoms. The van der Waals surface area contributed by atoms with Crippen LogP contribution in [-0.4, -0.2) is 42.4 Å². The summed E-state index contributed by atoms with van der Waals surface area (Å²) in [7, 11) is 0. The van der Waals surface area contributed by atoms with Gasteiger partial charge in [0.25, 0.3) is 5.91 Å². The zero-order valence-electron chi connectivity index (χ0n) is 12.6. The fraction of sp³-hybridized carbons (Fsp3) is 0.500. The highest BCUT2D eigenvalue weighted by molar-refractivity contribution is 7.13. The summed E-state index contributed by atoms with van der Waals surface area (Å²) in [6, 6.07) is 0. The van der Waals surface area contributed by atoms with Gasteiger partial charge in [0.15, 0.2) is 5.13 Å². The summed E-state index contributed by atoms with van der Waals surface area (Å²) < 4.78 is 10.3. The van der Waals surface area contributed by atoms with E-state index >= 15 is 0 Å². The summed E-state index contributed by atoms with van der Waals surface area (Å²) >= 11 is 1.59. The molecule has 1 aliphatic rings. The number of nitrogens with zero attached hydrogens (tertiary/aromatic N) is 3. The third-order valence-electron chi connectivity index (χ3n) is 3.51. The van der Waals surface area contributed by atoms with E-state index in [0.29, 0.717) is 23.6 Å². The van der Waals surface area contributed by atoms with Gasteiger partial charge in [0.2, 0.25) is 0 Å². The number of thiazole rings is 1. The predicted molar refractivity (Wildman–Crippen MR) is 82.3 cm³/mol. The first-order valence-electron chi connectivity index (χ1n) is 7.13. The number of rotatable bonds is 4. The van der Waals surface area contributed by atoms with Crippen LogP contribution in [0, 0.1) is 13.8 Å². The lowest BCUT2D eigenvalue weighted by molar-refractivity contribution is 0.0948. The Hall–Kier alpha value is -1.93. The molecule has 1 fully saturated rings. The number of hydrogen-bond acceptors (Lipinski definition) is 7. The minimum Gasteiger partial charge on any atom is -0.378 e. The van der Waals surface area contributed by atoms with Crippen molar-refractivity contribution in [1.82, 2.24) is 15.5 Å². The number of ether oxygens (including phenoxy) is 1. The standard InChI is InChI=1S/C14H18N4O3S/c1-9-12(10(2)21-17-9)13(19)15-7-11-8-22-14(16-11)18-3-5-20-6-4-18/h8H,3-7H2,1-2H3,(H,15,19). The van der Waals surface area contributed by atoms with Gasteiger partial charge in [-0.3, -0.25) is 4.79 Å². The van der Waals surface area contributed by atoms with Crippen molar-refractivity contribution in [3.63, 3.8) is 0 Å². The normalized spacial score (nSPS) is 15.1. The van der Waals surface area contributed by atoms with E-state index in [4.69, 9.17) is 9.26 Å². The van der Waals surface area contributed by atoms with Gasteiger partial charge in [-0.2, -0.15) is 0 Å². The third-order valence-corrected chi connectivity index (χ3v) is 4.46. The van der Waals surface area contributed by atoms with E-state index in [9.17, 15) is 4.79 Å². The molecule has 118 valence electrons. The number of hydrogen-bond donors (Lipinski definition) is 1. The van der Waals surface area contributed by atoms with Crippen molar-refractivity contribution in [2.24, 2.45) is 0 Å². The number of nitrogens with one attached hydrogen (secondary N) is 1. The van der Waals surface area contributed by atoms with Crippen molar-refractivity contribution in [1.29, 1.82) is 0 Å². The van der Waals surface area contributed by atoms with Gasteiger partial charge in [-0.05, 0) is 13.8 Å². The zero-order chi connectivity index (χ0) is 15.5. The molecule has 1 N–H and O–H groups in total. The molecule has 1 amide bonds. The Morgan fingerprint density at radius 3 is 2.86 bits per heavy atom. The number of carbonyl (C=O) groups excluding carboxylic acids is 1. The van der Waals surface area contributed by atoms with Gasteiger partial charge in [-0.1, -0.05) is 5.16 Å². The Morgan fingerprint density at radius 2 is 2.18 bits per heavy atom. The van der Waals surface area contributed by atoms with Gasteiger partial charge in [0, 0.05) is 18.5 Å². The Bertz CT molecular complexity index is 641. The zero-order valence-corrected chi connectivity index (χ0v) is 13.4. The van der Waals surface area contributed by atoms with E-state index in [0.717, 1.165) is 37.1 Å². The summed E-state index contributed by atoms with van der Waals surface area (Å²) in [6.07, 6.45) is 0. The molecule has 2 aromatic heterocycles. The van der Waals surface area contributed by atoms with Gasteiger partial charge in [-0.15, -0.1) is 11.3 Å². The molecule has 7 nitrogen and oxygen atoms in total. The molecule has 0 unspecified atom stereocenters. The maximum atomic E-state index is 12.2. The minimum absolute atomic E-state index is 0.183. The predicted octanol–water partition coefficient (Wildman–Crippen LogP) is 1.51. The number of amides is 1. The Labute approximate surface area is 132 Å². The fourth-order valence-corrected chi connectivity index (χ4v) is 3.22. The molecule has 0 spiro atoms. The van der Waals surface area contributed by atoms with Crippen LogP contribution in [0.5, 0.6) is 0 Å². The van der Waals surface area contributed by atoms with Crippen molar-refractivity contribution in [2.45, 2.75) is 20.4 Å². The van der Waals surface area contributed by atoms with Crippen LogP contribution in [0.1, 0.15) is 27.5 Å². The summed E-state index contributed by atoms with van der Waals surface area (Å²) in [6.45, 7) is 7.06. The second kappa shape index (κ2) is 6.45. The van der Waals surface area contributed by atoms with Crippen LogP contribution in [0.15, 0.2) is 9.90 Å². The van der Waals surface area contributed by atoms with Crippen LogP contribution < -0.4 is 10.2 Å². The highest BCUT2D eigenvalue weighted by atomic mass is 32.1. The molecule has 0 aromatic carbocycles. The monoisotopic (exact) mass is 322 g/mol. The highest BCUT2D eigenvalue weighted by Gasteiger charge is 2.18. The van der Waals surface area contributed by atoms with Crippen molar-refractivity contribution in [3.05, 3.63) is 28.1 Å². The summed E-state index contributed by atoms with van der Waals surface area (Å²) in [5.41, 5.74) is 1.96. The molecule has 3 heterocycles. The molecular weight excluding hydrogens is 304 g/mol. The van der Waals surface area contributed by atoms with Gasteiger partial charge in [-0.25, -0.2) is 4.98 Å². The molecule has 0 saturated carbocycles. The van der Waals surface area contributed by atoms with E-state index in [-0.39, 0.29) is 5.91 Å². The fourth-order valence-electron chi connectivity index (χ4n) is 2.34. The second-order valence-corrected chi connectivity index (χ2v) is 5.94. The summed E-state index contributed by atoms with van der Waals surface area (Å²) in [4.78, 5) is 18.9. The van der Waals surface area contributed by atoms with Gasteiger partial charge < -0.3 is 19.5 Å². The Balaban J connectivity index is 1.60. The van der Waals surface area contributed by atoms with Crippen LogP contribution in [0.3, 0.4) is 0 Å². The average Bonchev–Trinajstić information content (AvgIpc) is 3.13. The van der Waals surface area contributed by atoms with Crippen molar-refractivity contribution in [3.8, 4) is 0 Å². The van der Waals surface area contributed by atoms with Crippen molar-refractivity contribution in [2.75, 3.05) is 31.2 Å². The van der Waals surface area contributed by atoms with Crippen LogP contribution in [0.25, 0.3) is 0 Å². The van der Waals surface area contributed by atoms with E-state index in [1.165, 1.54) is 0 Å². The van der Waals surface area contributed by atoms with Crippen LogP contribution >= 0.6 is 11.3 Å². The molecule has 8 heteroatoms. The maximum absolute atomic E-state index is 12.2. The molecule has 0 aliphatic carbocycles. The van der Waals surface area contributed by atoms with Crippen LogP contribution in [0.2, 0.25) is 0 Å². The van der Waals surface area contributed by atoms with Gasteiger partial charge in [0.05, 0.1) is 31.1 Å². The lowest BCUT2D eigenvalue weighted by Crippen LogP contribution is -2.36. The van der Waals surface area contributed by atoms with E-state index in [1.807, 2.05) is 5.38 Å². The quantitative estimate of drug-likeness (QED) is 0.919. The molecule has 0 radical (unpaired) electrons. The highest BCUT2D eigenvalue weighted by Crippen LogP contribution is 2.21. The van der Waals surface area contributed by atoms with E-state index in [2.05, 4.69) is 20.4 Å². The third kappa shape index (κ3) is 3.12. The lowest BCUT2D eigenvalue weighted by atomic mass is 10.2. The summed E-state index contributed by atoms with van der Waals surface area (Å²) in [5.74, 6) is 0.347. The Morgan fingerprint density at radius 1 is 1.41 bits per heavy atom. The average molecular weight is 322 g/mol. The van der Waals surface area contributed by atoms with E-state index < -0.39 is 0 Å². The maximum Gasteiger partial charge on any atom is 0.257 e. The first-order valence-corrected chi connectivity index (χ1v) is 8.01. The molecular formula is C14H18N4O3S. The van der Waals surface area contributed by atoms with E-state index in [1.54, 1.807) is 25.2 Å². The Kier molecular flexibility index (Phi) is 4.39. The lowest BCUT2D eigenvalue weighted by Gasteiger charge is -2.26. The molecule has 0 atom stereocenters. The summed E-state index contributed by atoms with van der Waals surface area (Å²) in [5, 5.41) is 9.60. The van der Waals surface area contributed by atoms with Gasteiger partial charge in [0.1, 0.15) is 11.3 Å². The largest absolute Gasteiger partial charge is 0.378 e. The molecule has 22 heavy (non-hydrogen) atoms. The smallest absolute Gasteiger partial charge is 0.257 e. The number of anilines is 1. The first-order chi connectivity index (χ1) is 10.6. The van der Waals surface area contributed by atoms with Crippen molar-refractivity contribution < 1.29 is 14.1 Å². The topological polar surface area (TPSA) is 80.5 Å². The van der Waals surface area contributed by atoms with Crippen LogP contribution in [-0.2, 0) is 11.3 Å². The molecule has 1 aliphatic heterocycles. The number of aromatic nitrogens is 2. The second-order valence-electron chi connectivity index (χ2n) is 5.10. The number of carbonyl (C=O) groups is 1. The SMILES string of the molecule is Cc1noc(C)c1C(=O)NCc1csc(N2CCOCC2)n1. The van der Waals surface area contributed by atoms with Gasteiger partial charge >= 0.3 is 0 Å². The number of morpholine rings is 1.